The van der Waals surface area contributed by atoms with Gasteiger partial charge in [-0.15, -0.1) is 0 Å². The Hall–Kier alpha value is -1.51. The van der Waals surface area contributed by atoms with Crippen molar-refractivity contribution >= 4 is 11.5 Å². The van der Waals surface area contributed by atoms with E-state index in [-0.39, 0.29) is 0 Å². The van der Waals surface area contributed by atoms with Gasteiger partial charge in [-0.25, -0.2) is 0 Å². The molecule has 140 valence electrons. The van der Waals surface area contributed by atoms with Crippen LogP contribution in [0.25, 0.3) is 0 Å². The molecule has 2 fully saturated rings. The average Bonchev–Trinajstić information content (AvgIpc) is 2.57. The van der Waals surface area contributed by atoms with Gasteiger partial charge in [0.2, 0.25) is 0 Å². The minimum atomic E-state index is 0.332. The summed E-state index contributed by atoms with van der Waals surface area (Å²) in [5.74, 6) is 3.26. The molecular formula is C22H35NO2. The third kappa shape index (κ3) is 5.76. The van der Waals surface area contributed by atoms with Crippen molar-refractivity contribution in [1.82, 2.24) is 0 Å². The predicted molar refractivity (Wildman–Crippen MR) is 105 cm³/mol. The molecule has 1 aromatic carbocycles. The lowest BCUT2D eigenvalue weighted by Gasteiger charge is -2.35. The van der Waals surface area contributed by atoms with Crippen molar-refractivity contribution in [2.45, 2.75) is 72.3 Å². The Kier molecular flexibility index (Phi) is 7.34. The summed E-state index contributed by atoms with van der Waals surface area (Å²) in [7, 11) is 0. The second-order valence-corrected chi connectivity index (χ2v) is 8.19. The quantitative estimate of drug-likeness (QED) is 0.729. The second-order valence-electron chi connectivity index (χ2n) is 8.19. The number of phenolic OH excluding ortho intramolecular Hbond substituents is 1. The summed E-state index contributed by atoms with van der Waals surface area (Å²) in [6.45, 7) is 8.87. The fraction of sp³-hybridized carbons (Fsp3) is 0.682. The Balaban J connectivity index is 0.000000212. The normalized spacial score (nSPS) is 32.5. The zero-order chi connectivity index (χ0) is 18.4. The maximum atomic E-state index is 11.0. The molecule has 5 unspecified atom stereocenters. The van der Waals surface area contributed by atoms with E-state index in [4.69, 9.17) is 0 Å². The van der Waals surface area contributed by atoms with Crippen molar-refractivity contribution in [2.24, 2.45) is 23.7 Å². The van der Waals surface area contributed by atoms with Crippen LogP contribution in [0.15, 0.2) is 24.3 Å². The van der Waals surface area contributed by atoms with Gasteiger partial charge in [-0.3, -0.25) is 4.79 Å². The molecule has 25 heavy (non-hydrogen) atoms. The van der Waals surface area contributed by atoms with Crippen LogP contribution in [0.1, 0.15) is 66.2 Å². The van der Waals surface area contributed by atoms with Crippen LogP contribution in [0.3, 0.4) is 0 Å². The molecule has 3 heteroatoms. The number of aromatic hydroxyl groups is 1. The summed E-state index contributed by atoms with van der Waals surface area (Å²) >= 11 is 0. The van der Waals surface area contributed by atoms with Gasteiger partial charge in [0.15, 0.2) is 0 Å². The number of hydrogen-bond donors (Lipinski definition) is 2. The molecule has 2 aliphatic carbocycles. The molecule has 5 atom stereocenters. The zero-order valence-electron chi connectivity index (χ0n) is 16.3. The summed E-state index contributed by atoms with van der Waals surface area (Å²) in [6, 6.07) is 7.95. The van der Waals surface area contributed by atoms with E-state index in [1.54, 1.807) is 12.1 Å². The molecule has 0 radical (unpaired) electrons. The Morgan fingerprint density at radius 1 is 1.00 bits per heavy atom. The molecule has 0 saturated heterocycles. The smallest absolute Gasteiger partial charge is 0.135 e. The van der Waals surface area contributed by atoms with E-state index >= 15 is 0 Å². The first-order valence-electron chi connectivity index (χ1n) is 9.96. The van der Waals surface area contributed by atoms with Crippen molar-refractivity contribution in [2.75, 3.05) is 5.32 Å². The third-order valence-corrected chi connectivity index (χ3v) is 6.35. The monoisotopic (exact) mass is 345 g/mol. The SMILES string of the molecule is CC1CCCC(=O)C1C.CC1CCCC(Nc2cccc(O)c2)C1C. The maximum absolute atomic E-state index is 11.0. The standard InChI is InChI=1S/C14H21NO.C8H14O/c1-10-5-3-8-14(11(10)2)15-12-6-4-7-13(16)9-12;1-6-4-3-5-8(9)7(6)2/h4,6-7,9-11,14-16H,3,5,8H2,1-2H3;6-7H,3-5H2,1-2H3. The Bertz CT molecular complexity index is 557. The van der Waals surface area contributed by atoms with E-state index in [0.717, 1.165) is 24.4 Å². The van der Waals surface area contributed by atoms with E-state index in [0.29, 0.717) is 35.3 Å². The third-order valence-electron chi connectivity index (χ3n) is 6.35. The van der Waals surface area contributed by atoms with Crippen LogP contribution in [0.5, 0.6) is 5.75 Å². The molecule has 0 aromatic heterocycles. The highest BCUT2D eigenvalue weighted by molar-refractivity contribution is 5.81. The Morgan fingerprint density at radius 3 is 2.36 bits per heavy atom. The van der Waals surface area contributed by atoms with Gasteiger partial charge in [0, 0.05) is 30.1 Å². The topological polar surface area (TPSA) is 49.3 Å². The molecular weight excluding hydrogens is 310 g/mol. The molecule has 0 bridgehead atoms. The summed E-state index contributed by atoms with van der Waals surface area (Å²) in [5.41, 5.74) is 1.03. The van der Waals surface area contributed by atoms with Gasteiger partial charge in [0.25, 0.3) is 0 Å². The lowest BCUT2D eigenvalue weighted by atomic mass is 9.78. The van der Waals surface area contributed by atoms with Crippen LogP contribution in [0.2, 0.25) is 0 Å². The van der Waals surface area contributed by atoms with Gasteiger partial charge < -0.3 is 10.4 Å². The van der Waals surface area contributed by atoms with Crippen LogP contribution in [-0.4, -0.2) is 16.9 Å². The van der Waals surface area contributed by atoms with Gasteiger partial charge in [0.1, 0.15) is 11.5 Å². The number of rotatable bonds is 2. The lowest BCUT2D eigenvalue weighted by Crippen LogP contribution is -2.34. The van der Waals surface area contributed by atoms with E-state index in [1.165, 1.54) is 25.7 Å². The number of ketones is 1. The van der Waals surface area contributed by atoms with E-state index in [9.17, 15) is 9.90 Å². The highest BCUT2D eigenvalue weighted by Crippen LogP contribution is 2.32. The number of benzene rings is 1. The Labute approximate surface area is 153 Å². The molecule has 0 heterocycles. The molecule has 0 amide bonds. The number of carbonyl (C=O) groups is 1. The maximum Gasteiger partial charge on any atom is 0.135 e. The van der Waals surface area contributed by atoms with Crippen molar-refractivity contribution in [1.29, 1.82) is 0 Å². The zero-order valence-corrected chi connectivity index (χ0v) is 16.3. The number of hydrogen-bond acceptors (Lipinski definition) is 3. The number of nitrogens with one attached hydrogen (secondary N) is 1. The first-order valence-corrected chi connectivity index (χ1v) is 9.96. The first kappa shape index (κ1) is 19.8. The van der Waals surface area contributed by atoms with Crippen molar-refractivity contribution in [3.05, 3.63) is 24.3 Å². The van der Waals surface area contributed by atoms with Crippen LogP contribution < -0.4 is 5.32 Å². The molecule has 0 aliphatic heterocycles. The molecule has 3 nitrogen and oxygen atoms in total. The number of Topliss-reactive ketones (excluding diaryl/α,β-unsaturated/α-hetero) is 1. The van der Waals surface area contributed by atoms with Crippen molar-refractivity contribution in [3.63, 3.8) is 0 Å². The molecule has 3 rings (SSSR count). The Morgan fingerprint density at radius 2 is 1.72 bits per heavy atom. The van der Waals surface area contributed by atoms with Gasteiger partial charge >= 0.3 is 0 Å². The highest BCUT2D eigenvalue weighted by Gasteiger charge is 2.26. The summed E-state index contributed by atoms with van der Waals surface area (Å²) < 4.78 is 0. The summed E-state index contributed by atoms with van der Waals surface area (Å²) in [5, 5.41) is 13.0. The number of carbonyl (C=O) groups excluding carboxylic acids is 1. The molecule has 2 saturated carbocycles. The average molecular weight is 346 g/mol. The predicted octanol–water partition coefficient (Wildman–Crippen LogP) is 5.64. The van der Waals surface area contributed by atoms with Gasteiger partial charge in [0.05, 0.1) is 0 Å². The number of anilines is 1. The molecule has 2 N–H and O–H groups in total. The molecule has 0 spiro atoms. The fourth-order valence-electron chi connectivity index (χ4n) is 3.99. The van der Waals surface area contributed by atoms with Crippen molar-refractivity contribution in [3.8, 4) is 5.75 Å². The summed E-state index contributed by atoms with van der Waals surface area (Å²) in [6.07, 6.45) is 7.07. The lowest BCUT2D eigenvalue weighted by molar-refractivity contribution is -0.125. The second kappa shape index (κ2) is 9.26. The summed E-state index contributed by atoms with van der Waals surface area (Å²) in [4.78, 5) is 11.0. The van der Waals surface area contributed by atoms with Crippen molar-refractivity contribution < 1.29 is 9.90 Å². The van der Waals surface area contributed by atoms with Gasteiger partial charge in [-0.2, -0.15) is 0 Å². The minimum Gasteiger partial charge on any atom is -0.508 e. The van der Waals surface area contributed by atoms with Crippen LogP contribution in [-0.2, 0) is 4.79 Å². The van der Waals surface area contributed by atoms with Gasteiger partial charge in [-0.1, -0.05) is 46.6 Å². The van der Waals surface area contributed by atoms with E-state index < -0.39 is 0 Å². The highest BCUT2D eigenvalue weighted by atomic mass is 16.3. The fourth-order valence-corrected chi connectivity index (χ4v) is 3.99. The van der Waals surface area contributed by atoms with E-state index in [1.807, 2.05) is 19.1 Å². The minimum absolute atomic E-state index is 0.332. The first-order chi connectivity index (χ1) is 11.9. The molecule has 1 aromatic rings. The van der Waals surface area contributed by atoms with Crippen LogP contribution in [0, 0.1) is 23.7 Å². The van der Waals surface area contributed by atoms with Crippen LogP contribution >= 0.6 is 0 Å². The largest absolute Gasteiger partial charge is 0.508 e. The van der Waals surface area contributed by atoms with E-state index in [2.05, 4.69) is 26.1 Å². The van der Waals surface area contributed by atoms with Gasteiger partial charge in [-0.05, 0) is 49.1 Å². The number of phenols is 1. The van der Waals surface area contributed by atoms with Crippen LogP contribution in [0.4, 0.5) is 5.69 Å². The molecule has 2 aliphatic rings.